The number of carbonyl (C=O) groups excluding carboxylic acids is 1. The summed E-state index contributed by atoms with van der Waals surface area (Å²) in [5.41, 5.74) is 3.31. The van der Waals surface area contributed by atoms with E-state index in [1.165, 1.54) is 5.69 Å². The minimum absolute atomic E-state index is 0.261. The number of fused-ring (bicyclic) bond motifs is 3. The summed E-state index contributed by atoms with van der Waals surface area (Å²) in [4.78, 5) is 18.7. The van der Waals surface area contributed by atoms with Gasteiger partial charge in [-0.15, -0.1) is 0 Å². The van der Waals surface area contributed by atoms with Gasteiger partial charge in [-0.1, -0.05) is 30.3 Å². The van der Waals surface area contributed by atoms with Gasteiger partial charge in [0.25, 0.3) is 0 Å². The largest absolute Gasteiger partial charge is 0.445 e. The number of aromatic nitrogens is 2. The van der Waals surface area contributed by atoms with Crippen molar-refractivity contribution in [3.63, 3.8) is 0 Å². The van der Waals surface area contributed by atoms with Crippen molar-refractivity contribution in [1.29, 1.82) is 0 Å². The minimum atomic E-state index is -0.261. The van der Waals surface area contributed by atoms with Gasteiger partial charge in [0.1, 0.15) is 12.4 Å². The molecule has 6 heteroatoms. The standard InChI is InChI=1S/C17H20N4O2/c22-17(23-12-13-4-2-1-3-5-13)20-8-6-15-14(11-20)19-16-10-18-7-9-21(15)16/h1-5,18H,6-12H2. The number of hydrogen-bond acceptors (Lipinski definition) is 4. The fourth-order valence-electron chi connectivity index (χ4n) is 3.26. The summed E-state index contributed by atoms with van der Waals surface area (Å²) >= 11 is 0. The summed E-state index contributed by atoms with van der Waals surface area (Å²) in [5, 5.41) is 3.33. The average Bonchev–Trinajstić information content (AvgIpc) is 2.98. The van der Waals surface area contributed by atoms with E-state index in [9.17, 15) is 4.79 Å². The second-order valence-corrected chi connectivity index (χ2v) is 5.96. The van der Waals surface area contributed by atoms with Crippen LogP contribution in [0.4, 0.5) is 4.79 Å². The van der Waals surface area contributed by atoms with Crippen LogP contribution in [0.15, 0.2) is 30.3 Å². The predicted molar refractivity (Wildman–Crippen MR) is 84.7 cm³/mol. The molecule has 120 valence electrons. The second kappa shape index (κ2) is 6.04. The number of hydrogen-bond donors (Lipinski definition) is 1. The van der Waals surface area contributed by atoms with Crippen molar-refractivity contribution in [3.8, 4) is 0 Å². The predicted octanol–water partition coefficient (Wildman–Crippen LogP) is 1.68. The van der Waals surface area contributed by atoms with E-state index < -0.39 is 0 Å². The smallest absolute Gasteiger partial charge is 0.410 e. The lowest BCUT2D eigenvalue weighted by molar-refractivity contribution is 0.0910. The first-order chi connectivity index (χ1) is 11.3. The number of benzene rings is 1. The van der Waals surface area contributed by atoms with Crippen molar-refractivity contribution >= 4 is 6.09 Å². The normalized spacial score (nSPS) is 16.6. The molecule has 2 aliphatic rings. The number of imidazole rings is 1. The van der Waals surface area contributed by atoms with Crippen LogP contribution in [-0.2, 0) is 37.4 Å². The van der Waals surface area contributed by atoms with Gasteiger partial charge in [-0.25, -0.2) is 9.78 Å². The third kappa shape index (κ3) is 2.82. The zero-order valence-electron chi connectivity index (χ0n) is 13.0. The van der Waals surface area contributed by atoms with Crippen molar-refractivity contribution in [3.05, 3.63) is 53.1 Å². The fraction of sp³-hybridized carbons (Fsp3) is 0.412. The van der Waals surface area contributed by atoms with Crippen LogP contribution in [0.25, 0.3) is 0 Å². The van der Waals surface area contributed by atoms with Gasteiger partial charge in [-0.3, -0.25) is 0 Å². The monoisotopic (exact) mass is 312 g/mol. The van der Waals surface area contributed by atoms with Crippen molar-refractivity contribution in [1.82, 2.24) is 19.8 Å². The Kier molecular flexibility index (Phi) is 3.75. The van der Waals surface area contributed by atoms with Gasteiger partial charge in [0.15, 0.2) is 0 Å². The van der Waals surface area contributed by atoms with E-state index in [-0.39, 0.29) is 6.09 Å². The quantitative estimate of drug-likeness (QED) is 0.916. The number of nitrogens with zero attached hydrogens (tertiary/aromatic N) is 3. The van der Waals surface area contributed by atoms with E-state index in [0.717, 1.165) is 43.1 Å². The van der Waals surface area contributed by atoms with Gasteiger partial charge in [-0.2, -0.15) is 0 Å². The van der Waals surface area contributed by atoms with Crippen LogP contribution >= 0.6 is 0 Å². The molecule has 0 spiro atoms. The molecule has 0 unspecified atom stereocenters. The van der Waals surface area contributed by atoms with Gasteiger partial charge in [0, 0.05) is 31.7 Å². The lowest BCUT2D eigenvalue weighted by atomic mass is 10.1. The molecule has 4 rings (SSSR count). The van der Waals surface area contributed by atoms with Crippen molar-refractivity contribution < 1.29 is 9.53 Å². The SMILES string of the molecule is O=C(OCc1ccccc1)N1CCc2c(nc3n2CCNC3)C1. The molecule has 0 bridgehead atoms. The summed E-state index contributed by atoms with van der Waals surface area (Å²) in [5.74, 6) is 1.08. The Hall–Kier alpha value is -2.34. The van der Waals surface area contributed by atoms with Crippen molar-refractivity contribution in [2.24, 2.45) is 0 Å². The Balaban J connectivity index is 1.41. The van der Waals surface area contributed by atoms with E-state index in [1.54, 1.807) is 4.90 Å². The number of amides is 1. The zero-order chi connectivity index (χ0) is 15.6. The molecule has 1 aromatic carbocycles. The second-order valence-electron chi connectivity index (χ2n) is 5.96. The summed E-state index contributed by atoms with van der Waals surface area (Å²) in [6.45, 7) is 4.31. The first-order valence-corrected chi connectivity index (χ1v) is 8.05. The number of nitrogens with one attached hydrogen (secondary N) is 1. The molecule has 23 heavy (non-hydrogen) atoms. The summed E-state index contributed by atoms with van der Waals surface area (Å²) < 4.78 is 7.73. The topological polar surface area (TPSA) is 59.4 Å². The van der Waals surface area contributed by atoms with Crippen molar-refractivity contribution in [2.75, 3.05) is 13.1 Å². The van der Waals surface area contributed by atoms with Gasteiger partial charge >= 0.3 is 6.09 Å². The fourth-order valence-corrected chi connectivity index (χ4v) is 3.26. The molecule has 0 atom stereocenters. The Morgan fingerprint density at radius 2 is 2.13 bits per heavy atom. The summed E-state index contributed by atoms with van der Waals surface area (Å²) in [6, 6.07) is 9.75. The van der Waals surface area contributed by atoms with Crippen molar-refractivity contribution in [2.45, 2.75) is 32.7 Å². The zero-order valence-corrected chi connectivity index (χ0v) is 13.0. The van der Waals surface area contributed by atoms with Gasteiger partial charge < -0.3 is 19.5 Å². The van der Waals surface area contributed by atoms with E-state index in [1.807, 2.05) is 30.3 Å². The highest BCUT2D eigenvalue weighted by Crippen LogP contribution is 2.22. The molecule has 3 heterocycles. The molecule has 2 aliphatic heterocycles. The Labute approximate surface area is 135 Å². The van der Waals surface area contributed by atoms with Crippen LogP contribution in [0.5, 0.6) is 0 Å². The van der Waals surface area contributed by atoms with Crippen LogP contribution in [0.2, 0.25) is 0 Å². The highest BCUT2D eigenvalue weighted by atomic mass is 16.6. The van der Waals surface area contributed by atoms with Crippen LogP contribution in [0.1, 0.15) is 22.8 Å². The molecule has 1 N–H and O–H groups in total. The molecule has 1 amide bonds. The summed E-state index contributed by atoms with van der Waals surface area (Å²) in [6.07, 6.45) is 0.589. The molecule has 1 aromatic heterocycles. The number of rotatable bonds is 2. The number of ether oxygens (including phenoxy) is 1. The number of carbonyl (C=O) groups is 1. The van der Waals surface area contributed by atoms with E-state index in [4.69, 9.17) is 9.72 Å². The highest BCUT2D eigenvalue weighted by Gasteiger charge is 2.28. The highest BCUT2D eigenvalue weighted by molar-refractivity contribution is 5.68. The summed E-state index contributed by atoms with van der Waals surface area (Å²) in [7, 11) is 0. The third-order valence-electron chi connectivity index (χ3n) is 4.45. The molecule has 2 aromatic rings. The Morgan fingerprint density at radius 3 is 3.00 bits per heavy atom. The third-order valence-corrected chi connectivity index (χ3v) is 4.45. The average molecular weight is 312 g/mol. The minimum Gasteiger partial charge on any atom is -0.445 e. The molecular formula is C17H20N4O2. The molecular weight excluding hydrogens is 292 g/mol. The molecule has 0 saturated carbocycles. The lowest BCUT2D eigenvalue weighted by Gasteiger charge is -2.27. The maximum Gasteiger partial charge on any atom is 0.410 e. The molecule has 0 saturated heterocycles. The molecule has 0 aliphatic carbocycles. The molecule has 0 radical (unpaired) electrons. The van der Waals surface area contributed by atoms with Gasteiger partial charge in [0.2, 0.25) is 0 Å². The lowest BCUT2D eigenvalue weighted by Crippen LogP contribution is -2.37. The van der Waals surface area contributed by atoms with Crippen LogP contribution in [0, 0.1) is 0 Å². The van der Waals surface area contributed by atoms with Crippen LogP contribution < -0.4 is 5.32 Å². The Bertz CT molecular complexity index is 711. The maximum absolute atomic E-state index is 12.3. The molecule has 6 nitrogen and oxygen atoms in total. The first-order valence-electron chi connectivity index (χ1n) is 8.05. The van der Waals surface area contributed by atoms with Gasteiger partial charge in [-0.05, 0) is 5.56 Å². The first kappa shape index (κ1) is 14.3. The van der Waals surface area contributed by atoms with Crippen LogP contribution in [0.3, 0.4) is 0 Å². The Morgan fingerprint density at radius 1 is 1.26 bits per heavy atom. The van der Waals surface area contributed by atoms with E-state index in [2.05, 4.69) is 9.88 Å². The maximum atomic E-state index is 12.3. The van der Waals surface area contributed by atoms with Crippen LogP contribution in [-0.4, -0.2) is 33.6 Å². The molecule has 0 fully saturated rings. The van der Waals surface area contributed by atoms with Gasteiger partial charge in [0.05, 0.1) is 18.8 Å². The van der Waals surface area contributed by atoms with E-state index in [0.29, 0.717) is 19.7 Å². The van der Waals surface area contributed by atoms with E-state index >= 15 is 0 Å².